The molecule has 2 saturated heterocycles. The standard InChI is InChI=1S/C20H21N5O4S2/c1-22-8-10-23(11-9-22)17-13(18(28)24-6-3-2-4-15(24)21-17)12-14-19(29)25(20(30)31-14)7-5-16(26)27/h2-4,6,12H,5,7-11H2,1H3,(H,26,27)/b14-12-. The zero-order valence-electron chi connectivity index (χ0n) is 16.9. The summed E-state index contributed by atoms with van der Waals surface area (Å²) in [5.74, 6) is -0.856. The quantitative estimate of drug-likeness (QED) is 0.521. The molecule has 0 spiro atoms. The second-order valence-electron chi connectivity index (χ2n) is 7.35. The number of pyridine rings is 1. The van der Waals surface area contributed by atoms with Gasteiger partial charge in [0.05, 0.1) is 16.9 Å². The molecule has 0 saturated carbocycles. The van der Waals surface area contributed by atoms with Crippen LogP contribution in [0.1, 0.15) is 12.0 Å². The van der Waals surface area contributed by atoms with Crippen LogP contribution >= 0.6 is 24.0 Å². The Kier molecular flexibility index (Phi) is 6.08. The zero-order valence-corrected chi connectivity index (χ0v) is 18.5. The van der Waals surface area contributed by atoms with Gasteiger partial charge in [0.1, 0.15) is 15.8 Å². The first-order chi connectivity index (χ1) is 14.8. The predicted molar refractivity (Wildman–Crippen MR) is 123 cm³/mol. The Labute approximate surface area is 187 Å². The molecular weight excluding hydrogens is 438 g/mol. The van der Waals surface area contributed by atoms with Crippen molar-refractivity contribution < 1.29 is 14.7 Å². The van der Waals surface area contributed by atoms with Crippen LogP contribution in [0.3, 0.4) is 0 Å². The molecule has 0 unspecified atom stereocenters. The van der Waals surface area contributed by atoms with Crippen molar-refractivity contribution in [2.45, 2.75) is 6.42 Å². The van der Waals surface area contributed by atoms with E-state index >= 15 is 0 Å². The number of amides is 1. The van der Waals surface area contributed by atoms with Crippen molar-refractivity contribution in [3.63, 3.8) is 0 Å². The fourth-order valence-electron chi connectivity index (χ4n) is 3.51. The number of thiocarbonyl (C=S) groups is 1. The summed E-state index contributed by atoms with van der Waals surface area (Å²) in [6, 6.07) is 5.35. The van der Waals surface area contributed by atoms with Crippen molar-refractivity contribution in [3.05, 3.63) is 45.2 Å². The van der Waals surface area contributed by atoms with Gasteiger partial charge in [-0.1, -0.05) is 30.0 Å². The summed E-state index contributed by atoms with van der Waals surface area (Å²) in [6.07, 6.45) is 2.99. The van der Waals surface area contributed by atoms with Gasteiger partial charge in [0.25, 0.3) is 11.5 Å². The molecule has 31 heavy (non-hydrogen) atoms. The van der Waals surface area contributed by atoms with E-state index in [0.717, 1.165) is 24.9 Å². The average Bonchev–Trinajstić information content (AvgIpc) is 3.01. The van der Waals surface area contributed by atoms with Crippen LogP contribution < -0.4 is 10.5 Å². The number of carboxylic acid groups (broad SMARTS) is 1. The van der Waals surface area contributed by atoms with Gasteiger partial charge in [-0.05, 0) is 25.3 Å². The van der Waals surface area contributed by atoms with E-state index in [9.17, 15) is 14.4 Å². The van der Waals surface area contributed by atoms with E-state index in [0.29, 0.717) is 35.0 Å². The number of hydrogen-bond acceptors (Lipinski definition) is 8. The van der Waals surface area contributed by atoms with E-state index in [2.05, 4.69) is 9.80 Å². The maximum atomic E-state index is 13.3. The predicted octanol–water partition coefficient (Wildman–Crippen LogP) is 1.12. The largest absolute Gasteiger partial charge is 0.481 e. The van der Waals surface area contributed by atoms with Crippen LogP contribution in [0.5, 0.6) is 0 Å². The Morgan fingerprint density at radius 2 is 2.00 bits per heavy atom. The molecule has 0 atom stereocenters. The number of aliphatic carboxylic acids is 1. The molecule has 2 aliphatic heterocycles. The first-order valence-electron chi connectivity index (χ1n) is 9.77. The van der Waals surface area contributed by atoms with Gasteiger partial charge in [0.15, 0.2) is 0 Å². The van der Waals surface area contributed by atoms with E-state index in [1.807, 2.05) is 13.1 Å². The summed E-state index contributed by atoms with van der Waals surface area (Å²) < 4.78 is 1.74. The highest BCUT2D eigenvalue weighted by Gasteiger charge is 2.33. The van der Waals surface area contributed by atoms with E-state index in [1.54, 1.807) is 24.4 Å². The van der Waals surface area contributed by atoms with Crippen molar-refractivity contribution in [3.8, 4) is 0 Å². The molecule has 4 heterocycles. The smallest absolute Gasteiger partial charge is 0.305 e. The van der Waals surface area contributed by atoms with Crippen LogP contribution in [-0.2, 0) is 9.59 Å². The fourth-order valence-corrected chi connectivity index (χ4v) is 4.80. The summed E-state index contributed by atoms with van der Waals surface area (Å²) in [5.41, 5.74) is 0.593. The van der Waals surface area contributed by atoms with Crippen LogP contribution in [-0.4, -0.2) is 80.3 Å². The number of nitrogens with zero attached hydrogens (tertiary/aromatic N) is 5. The lowest BCUT2D eigenvalue weighted by Crippen LogP contribution is -2.45. The van der Waals surface area contributed by atoms with Crippen molar-refractivity contribution >= 4 is 57.7 Å². The van der Waals surface area contributed by atoms with Gasteiger partial charge in [-0.15, -0.1) is 0 Å². The minimum Gasteiger partial charge on any atom is -0.481 e. The number of piperazine rings is 1. The Balaban J connectivity index is 1.77. The maximum Gasteiger partial charge on any atom is 0.305 e. The number of likely N-dealkylation sites (N-methyl/N-ethyl adjacent to an activating group) is 1. The highest BCUT2D eigenvalue weighted by molar-refractivity contribution is 8.26. The molecule has 2 aliphatic rings. The van der Waals surface area contributed by atoms with Crippen molar-refractivity contribution in [1.29, 1.82) is 0 Å². The van der Waals surface area contributed by atoms with E-state index in [4.69, 9.17) is 22.3 Å². The molecule has 0 aliphatic carbocycles. The van der Waals surface area contributed by atoms with Crippen molar-refractivity contribution in [1.82, 2.24) is 19.2 Å². The topological polar surface area (TPSA) is 98.5 Å². The second-order valence-corrected chi connectivity index (χ2v) is 9.03. The number of hydrogen-bond donors (Lipinski definition) is 1. The Morgan fingerprint density at radius 3 is 2.71 bits per heavy atom. The minimum atomic E-state index is -1.01. The summed E-state index contributed by atoms with van der Waals surface area (Å²) >= 11 is 6.33. The lowest BCUT2D eigenvalue weighted by molar-refractivity contribution is -0.137. The molecule has 0 aromatic carbocycles. The molecule has 11 heteroatoms. The molecule has 2 aromatic heterocycles. The highest BCUT2D eigenvalue weighted by atomic mass is 32.2. The Morgan fingerprint density at radius 1 is 1.26 bits per heavy atom. The van der Waals surface area contributed by atoms with Gasteiger partial charge < -0.3 is 14.9 Å². The molecule has 9 nitrogen and oxygen atoms in total. The molecular formula is C20H21N5O4S2. The van der Waals surface area contributed by atoms with E-state index < -0.39 is 11.9 Å². The molecule has 0 bridgehead atoms. The maximum absolute atomic E-state index is 13.3. The van der Waals surface area contributed by atoms with Gasteiger partial charge in [-0.25, -0.2) is 4.98 Å². The zero-order chi connectivity index (χ0) is 22.1. The van der Waals surface area contributed by atoms with E-state index in [-0.39, 0.29) is 22.8 Å². The number of carbonyl (C=O) groups is 2. The lowest BCUT2D eigenvalue weighted by Gasteiger charge is -2.34. The van der Waals surface area contributed by atoms with Crippen molar-refractivity contribution in [2.75, 3.05) is 44.7 Å². The molecule has 2 aromatic rings. The number of fused-ring (bicyclic) bond motifs is 1. The summed E-state index contributed by atoms with van der Waals surface area (Å²) in [7, 11) is 2.05. The number of carboxylic acids is 1. The Bertz CT molecular complexity index is 1150. The number of carbonyl (C=O) groups excluding carboxylic acids is 1. The number of thioether (sulfide) groups is 1. The van der Waals surface area contributed by atoms with Crippen LogP contribution in [0.25, 0.3) is 11.7 Å². The molecule has 1 N–H and O–H groups in total. The monoisotopic (exact) mass is 459 g/mol. The van der Waals surface area contributed by atoms with Crippen LogP contribution in [0, 0.1) is 0 Å². The fraction of sp³-hybridized carbons (Fsp3) is 0.350. The van der Waals surface area contributed by atoms with Crippen LogP contribution in [0.2, 0.25) is 0 Å². The van der Waals surface area contributed by atoms with Gasteiger partial charge in [0.2, 0.25) is 0 Å². The summed E-state index contributed by atoms with van der Waals surface area (Å²) in [6.45, 7) is 3.11. The van der Waals surface area contributed by atoms with Crippen molar-refractivity contribution in [2.24, 2.45) is 0 Å². The SMILES string of the molecule is CN1CCN(c2nc3ccccn3c(=O)c2/C=C2\SC(=S)N(CCC(=O)O)C2=O)CC1. The normalized spacial score (nSPS) is 19.1. The molecule has 162 valence electrons. The third-order valence-corrected chi connectivity index (χ3v) is 6.63. The summed E-state index contributed by atoms with van der Waals surface area (Å²) in [4.78, 5) is 47.6. The first-order valence-corrected chi connectivity index (χ1v) is 11.0. The van der Waals surface area contributed by atoms with Gasteiger partial charge >= 0.3 is 5.97 Å². The van der Waals surface area contributed by atoms with E-state index in [1.165, 1.54) is 9.30 Å². The number of rotatable bonds is 5. The van der Waals surface area contributed by atoms with Crippen LogP contribution in [0.4, 0.5) is 5.82 Å². The Hall–Kier alpha value is -2.76. The number of aromatic nitrogens is 2. The third kappa shape index (κ3) is 4.34. The molecule has 4 rings (SSSR count). The average molecular weight is 460 g/mol. The van der Waals surface area contributed by atoms with Gasteiger partial charge in [-0.2, -0.15) is 0 Å². The third-order valence-electron chi connectivity index (χ3n) is 5.25. The number of anilines is 1. The molecule has 2 fully saturated rings. The molecule has 1 amide bonds. The second kappa shape index (κ2) is 8.77. The van der Waals surface area contributed by atoms with Gasteiger partial charge in [-0.3, -0.25) is 23.7 Å². The highest BCUT2D eigenvalue weighted by Crippen LogP contribution is 2.33. The lowest BCUT2D eigenvalue weighted by atomic mass is 10.2. The van der Waals surface area contributed by atoms with Crippen LogP contribution in [0.15, 0.2) is 34.1 Å². The van der Waals surface area contributed by atoms with Gasteiger partial charge in [0, 0.05) is 38.9 Å². The molecule has 0 radical (unpaired) electrons. The first kappa shape index (κ1) is 21.5. The minimum absolute atomic E-state index is 0.00237. The summed E-state index contributed by atoms with van der Waals surface area (Å²) in [5, 5.41) is 8.92.